The number of aromatic nitrogens is 3. The minimum atomic E-state index is -0.915. The molecule has 0 fully saturated rings. The van der Waals surface area contributed by atoms with E-state index in [9.17, 15) is 4.79 Å². The van der Waals surface area contributed by atoms with Gasteiger partial charge in [-0.15, -0.1) is 10.2 Å². The molecule has 1 aromatic heterocycles. The standard InChI is InChI=1S/C11H11BrN4O2S/c1-6-2-3-7(12)8(4-6)16-10(13)14-15-11(16)19-5-9(17)18/h2-4H,5H2,1H3,(H2,13,14)(H,17,18). The topological polar surface area (TPSA) is 94.0 Å². The van der Waals surface area contributed by atoms with E-state index in [0.29, 0.717) is 5.16 Å². The van der Waals surface area contributed by atoms with Crippen LogP contribution in [0.2, 0.25) is 0 Å². The molecule has 0 atom stereocenters. The molecule has 1 heterocycles. The van der Waals surface area contributed by atoms with Gasteiger partial charge in [-0.2, -0.15) is 0 Å². The van der Waals surface area contributed by atoms with Gasteiger partial charge < -0.3 is 10.8 Å². The van der Waals surface area contributed by atoms with Gasteiger partial charge in [-0.25, -0.2) is 0 Å². The minimum Gasteiger partial charge on any atom is -0.481 e. The molecule has 1 aromatic carbocycles. The Kier molecular flexibility index (Phi) is 4.11. The van der Waals surface area contributed by atoms with Crippen molar-refractivity contribution in [3.8, 4) is 5.69 Å². The predicted molar refractivity (Wildman–Crippen MR) is 76.6 cm³/mol. The summed E-state index contributed by atoms with van der Waals surface area (Å²) in [6, 6.07) is 5.78. The third-order valence-corrected chi connectivity index (χ3v) is 3.91. The zero-order valence-electron chi connectivity index (χ0n) is 10.00. The lowest BCUT2D eigenvalue weighted by atomic mass is 10.2. The molecule has 0 aliphatic rings. The van der Waals surface area contributed by atoms with E-state index in [2.05, 4.69) is 26.1 Å². The van der Waals surface area contributed by atoms with Crippen LogP contribution in [0.4, 0.5) is 5.95 Å². The van der Waals surface area contributed by atoms with Crippen molar-refractivity contribution in [3.05, 3.63) is 28.2 Å². The molecule has 0 bridgehead atoms. The number of carbonyl (C=O) groups is 1. The van der Waals surface area contributed by atoms with Gasteiger partial charge in [0.05, 0.1) is 11.4 Å². The molecule has 0 amide bonds. The maximum atomic E-state index is 10.6. The van der Waals surface area contributed by atoms with Crippen LogP contribution in [0.3, 0.4) is 0 Å². The van der Waals surface area contributed by atoms with E-state index < -0.39 is 5.97 Å². The Balaban J connectivity index is 2.46. The summed E-state index contributed by atoms with van der Waals surface area (Å²) < 4.78 is 2.46. The molecule has 0 aliphatic heterocycles. The second-order valence-corrected chi connectivity index (χ2v) is 5.61. The van der Waals surface area contributed by atoms with E-state index in [1.807, 2.05) is 25.1 Å². The number of benzene rings is 1. The van der Waals surface area contributed by atoms with Gasteiger partial charge in [0, 0.05) is 4.47 Å². The van der Waals surface area contributed by atoms with Crippen LogP contribution in [-0.2, 0) is 4.79 Å². The molecule has 19 heavy (non-hydrogen) atoms. The first kappa shape index (κ1) is 13.9. The molecule has 6 nitrogen and oxygen atoms in total. The predicted octanol–water partition coefficient (Wildman–Crippen LogP) is 2.10. The van der Waals surface area contributed by atoms with E-state index in [-0.39, 0.29) is 11.7 Å². The van der Waals surface area contributed by atoms with E-state index >= 15 is 0 Å². The maximum absolute atomic E-state index is 10.6. The number of thioether (sulfide) groups is 1. The van der Waals surface area contributed by atoms with Crippen molar-refractivity contribution in [1.29, 1.82) is 0 Å². The van der Waals surface area contributed by atoms with E-state index in [4.69, 9.17) is 10.8 Å². The minimum absolute atomic E-state index is 0.0957. The fraction of sp³-hybridized carbons (Fsp3) is 0.182. The lowest BCUT2D eigenvalue weighted by molar-refractivity contribution is -0.133. The smallest absolute Gasteiger partial charge is 0.313 e. The van der Waals surface area contributed by atoms with Crippen LogP contribution in [0.1, 0.15) is 5.56 Å². The highest BCUT2D eigenvalue weighted by atomic mass is 79.9. The summed E-state index contributed by atoms with van der Waals surface area (Å²) in [5.41, 5.74) is 7.65. The fourth-order valence-electron chi connectivity index (χ4n) is 1.52. The summed E-state index contributed by atoms with van der Waals surface area (Å²) >= 11 is 4.52. The van der Waals surface area contributed by atoms with Gasteiger partial charge >= 0.3 is 5.97 Å². The Bertz CT molecular complexity index is 629. The van der Waals surface area contributed by atoms with Crippen LogP contribution >= 0.6 is 27.7 Å². The van der Waals surface area contributed by atoms with Crippen LogP contribution in [0, 0.1) is 6.92 Å². The molecule has 3 N–H and O–H groups in total. The SMILES string of the molecule is Cc1ccc(Br)c(-n2c(N)nnc2SCC(=O)O)c1. The summed E-state index contributed by atoms with van der Waals surface area (Å²) in [6.45, 7) is 1.96. The zero-order valence-corrected chi connectivity index (χ0v) is 12.4. The number of nitrogen functional groups attached to an aromatic ring is 1. The Hall–Kier alpha value is -1.54. The number of nitrogens with two attached hydrogens (primary N) is 1. The Morgan fingerprint density at radius 2 is 2.26 bits per heavy atom. The van der Waals surface area contributed by atoms with Gasteiger partial charge in [0.25, 0.3) is 0 Å². The van der Waals surface area contributed by atoms with Gasteiger partial charge in [0.2, 0.25) is 5.95 Å². The molecule has 0 unspecified atom stereocenters. The summed E-state index contributed by atoms with van der Waals surface area (Å²) in [7, 11) is 0. The number of aliphatic carboxylic acids is 1. The second-order valence-electron chi connectivity index (χ2n) is 3.81. The largest absolute Gasteiger partial charge is 0.481 e. The Labute approximate surface area is 122 Å². The van der Waals surface area contributed by atoms with Crippen molar-refractivity contribution < 1.29 is 9.90 Å². The van der Waals surface area contributed by atoms with Crippen LogP contribution < -0.4 is 5.73 Å². The number of carboxylic acid groups (broad SMARTS) is 1. The molecule has 0 radical (unpaired) electrons. The first-order valence-electron chi connectivity index (χ1n) is 5.31. The molecule has 0 saturated heterocycles. The highest BCUT2D eigenvalue weighted by Gasteiger charge is 2.15. The third kappa shape index (κ3) is 3.07. The molecule has 2 aromatic rings. The Morgan fingerprint density at radius 3 is 2.95 bits per heavy atom. The third-order valence-electron chi connectivity index (χ3n) is 2.33. The fourth-order valence-corrected chi connectivity index (χ4v) is 2.62. The number of hydrogen-bond donors (Lipinski definition) is 2. The average molecular weight is 343 g/mol. The van der Waals surface area contributed by atoms with E-state index in [0.717, 1.165) is 27.5 Å². The quantitative estimate of drug-likeness (QED) is 0.826. The molecular formula is C11H11BrN4O2S. The number of halogens is 1. The number of rotatable bonds is 4. The second kappa shape index (κ2) is 5.62. The number of anilines is 1. The first-order valence-corrected chi connectivity index (χ1v) is 7.09. The lowest BCUT2D eigenvalue weighted by Crippen LogP contribution is -2.05. The maximum Gasteiger partial charge on any atom is 0.313 e. The molecule has 0 saturated carbocycles. The van der Waals surface area contributed by atoms with Gasteiger partial charge in [-0.1, -0.05) is 17.8 Å². The van der Waals surface area contributed by atoms with Crippen molar-refractivity contribution in [1.82, 2.24) is 14.8 Å². The average Bonchev–Trinajstić information content (AvgIpc) is 2.71. The van der Waals surface area contributed by atoms with Crippen molar-refractivity contribution >= 4 is 39.6 Å². The van der Waals surface area contributed by atoms with Crippen LogP contribution in [0.25, 0.3) is 5.69 Å². The van der Waals surface area contributed by atoms with Crippen LogP contribution in [0.5, 0.6) is 0 Å². The molecule has 0 spiro atoms. The molecule has 8 heteroatoms. The van der Waals surface area contributed by atoms with E-state index in [1.54, 1.807) is 4.57 Å². The van der Waals surface area contributed by atoms with Crippen LogP contribution in [0.15, 0.2) is 27.8 Å². The number of carboxylic acids is 1. The number of aryl methyl sites for hydroxylation is 1. The van der Waals surface area contributed by atoms with Crippen LogP contribution in [-0.4, -0.2) is 31.6 Å². The van der Waals surface area contributed by atoms with E-state index in [1.165, 1.54) is 0 Å². The number of hydrogen-bond acceptors (Lipinski definition) is 5. The van der Waals surface area contributed by atoms with Gasteiger partial charge in [0.1, 0.15) is 0 Å². The lowest BCUT2D eigenvalue weighted by Gasteiger charge is -2.10. The highest BCUT2D eigenvalue weighted by molar-refractivity contribution is 9.10. The Morgan fingerprint density at radius 1 is 1.53 bits per heavy atom. The van der Waals surface area contributed by atoms with Gasteiger partial charge in [0.15, 0.2) is 5.16 Å². The van der Waals surface area contributed by atoms with Gasteiger partial charge in [-0.05, 0) is 40.5 Å². The number of nitrogens with zero attached hydrogens (tertiary/aromatic N) is 3. The van der Waals surface area contributed by atoms with Crippen molar-refractivity contribution in [3.63, 3.8) is 0 Å². The summed E-state index contributed by atoms with van der Waals surface area (Å²) in [5.74, 6) is -0.790. The van der Waals surface area contributed by atoms with Crippen molar-refractivity contribution in [2.24, 2.45) is 0 Å². The summed E-state index contributed by atoms with van der Waals surface area (Å²) in [6.07, 6.45) is 0. The zero-order chi connectivity index (χ0) is 14.0. The normalized spacial score (nSPS) is 10.6. The van der Waals surface area contributed by atoms with Gasteiger partial charge in [-0.3, -0.25) is 9.36 Å². The molecule has 0 aliphatic carbocycles. The molecule has 100 valence electrons. The monoisotopic (exact) mass is 342 g/mol. The van der Waals surface area contributed by atoms with Crippen molar-refractivity contribution in [2.45, 2.75) is 12.1 Å². The van der Waals surface area contributed by atoms with Crippen molar-refractivity contribution in [2.75, 3.05) is 11.5 Å². The molecule has 2 rings (SSSR count). The summed E-state index contributed by atoms with van der Waals surface area (Å²) in [4.78, 5) is 10.6. The first-order chi connectivity index (χ1) is 8.99. The molecular weight excluding hydrogens is 332 g/mol. The summed E-state index contributed by atoms with van der Waals surface area (Å²) in [5, 5.41) is 16.9. The highest BCUT2D eigenvalue weighted by Crippen LogP contribution is 2.28.